The molecule has 6 heteroatoms. The summed E-state index contributed by atoms with van der Waals surface area (Å²) < 4.78 is 4.79. The molecule has 0 atom stereocenters. The van der Waals surface area contributed by atoms with Crippen molar-refractivity contribution < 1.29 is 4.74 Å². The van der Waals surface area contributed by atoms with Crippen molar-refractivity contribution in [1.82, 2.24) is 20.2 Å². The van der Waals surface area contributed by atoms with Crippen LogP contribution in [0.1, 0.15) is 0 Å². The van der Waals surface area contributed by atoms with E-state index in [9.17, 15) is 0 Å². The van der Waals surface area contributed by atoms with Crippen LogP contribution in [0.15, 0.2) is 0 Å². The quantitative estimate of drug-likeness (QED) is 0.581. The van der Waals surface area contributed by atoms with Crippen LogP contribution in [0.25, 0.3) is 0 Å². The number of aromatic nitrogens is 4. The number of nitrogens with zero attached hydrogens (tertiary/aromatic N) is 4. The smallest absolute Gasteiger partial charge is 0.260 e. The zero-order valence-electron chi connectivity index (χ0n) is 5.69. The van der Waals surface area contributed by atoms with Gasteiger partial charge in [0.15, 0.2) is 0 Å². The summed E-state index contributed by atoms with van der Waals surface area (Å²) >= 11 is 0. The predicted octanol–water partition coefficient (Wildman–Crippen LogP) is -1.10. The number of anilines is 1. The molecule has 0 fully saturated rings. The molecule has 2 N–H and O–H groups in total. The van der Waals surface area contributed by atoms with Gasteiger partial charge in [0.1, 0.15) is 0 Å². The third-order valence-corrected chi connectivity index (χ3v) is 0.964. The van der Waals surface area contributed by atoms with E-state index in [0.29, 0.717) is 13.2 Å². The fraction of sp³-hybridized carbons (Fsp3) is 0.750. The minimum absolute atomic E-state index is 0.191. The van der Waals surface area contributed by atoms with Crippen LogP contribution < -0.4 is 5.73 Å². The van der Waals surface area contributed by atoms with Crippen LogP contribution in [-0.4, -0.2) is 33.9 Å². The Balaban J connectivity index is 2.42. The average molecular weight is 143 g/mol. The van der Waals surface area contributed by atoms with Crippen molar-refractivity contribution in [3.63, 3.8) is 0 Å². The van der Waals surface area contributed by atoms with Crippen molar-refractivity contribution in [1.29, 1.82) is 0 Å². The second-order valence-corrected chi connectivity index (χ2v) is 1.74. The highest BCUT2D eigenvalue weighted by atomic mass is 16.5. The van der Waals surface area contributed by atoms with Gasteiger partial charge in [-0.15, -0.1) is 5.10 Å². The monoisotopic (exact) mass is 143 g/mol. The summed E-state index contributed by atoms with van der Waals surface area (Å²) in [7, 11) is 1.61. The van der Waals surface area contributed by atoms with Crippen LogP contribution in [0, 0.1) is 0 Å². The maximum atomic E-state index is 5.20. The van der Waals surface area contributed by atoms with Crippen LogP contribution in [-0.2, 0) is 11.3 Å². The van der Waals surface area contributed by atoms with E-state index in [-0.39, 0.29) is 5.95 Å². The van der Waals surface area contributed by atoms with Crippen LogP contribution in [0.4, 0.5) is 5.95 Å². The van der Waals surface area contributed by atoms with E-state index in [1.807, 2.05) is 0 Å². The van der Waals surface area contributed by atoms with Gasteiger partial charge in [0.05, 0.1) is 13.2 Å². The Hall–Kier alpha value is -1.17. The molecular weight excluding hydrogens is 134 g/mol. The first-order chi connectivity index (χ1) is 4.83. The maximum absolute atomic E-state index is 5.20. The summed E-state index contributed by atoms with van der Waals surface area (Å²) in [5, 5.41) is 10.8. The molecule has 0 saturated heterocycles. The van der Waals surface area contributed by atoms with Crippen molar-refractivity contribution in [2.75, 3.05) is 19.5 Å². The van der Waals surface area contributed by atoms with E-state index in [2.05, 4.69) is 15.4 Å². The molecule has 10 heavy (non-hydrogen) atoms. The zero-order valence-corrected chi connectivity index (χ0v) is 5.69. The Morgan fingerprint density at radius 2 is 2.50 bits per heavy atom. The van der Waals surface area contributed by atoms with Crippen LogP contribution in [0.5, 0.6) is 0 Å². The molecule has 0 aliphatic rings. The number of nitrogens with two attached hydrogens (primary N) is 1. The van der Waals surface area contributed by atoms with E-state index in [4.69, 9.17) is 10.5 Å². The van der Waals surface area contributed by atoms with Gasteiger partial charge in [-0.25, -0.2) is 0 Å². The van der Waals surface area contributed by atoms with Gasteiger partial charge in [-0.3, -0.25) is 0 Å². The second kappa shape index (κ2) is 3.11. The zero-order chi connectivity index (χ0) is 7.40. The van der Waals surface area contributed by atoms with Gasteiger partial charge in [0.25, 0.3) is 5.95 Å². The largest absolute Gasteiger partial charge is 0.383 e. The third kappa shape index (κ3) is 1.66. The summed E-state index contributed by atoms with van der Waals surface area (Å²) in [6.07, 6.45) is 0. The Morgan fingerprint density at radius 1 is 1.70 bits per heavy atom. The van der Waals surface area contributed by atoms with E-state index in [0.717, 1.165) is 0 Å². The number of nitrogen functional groups attached to an aromatic ring is 1. The van der Waals surface area contributed by atoms with E-state index in [1.54, 1.807) is 7.11 Å². The second-order valence-electron chi connectivity index (χ2n) is 1.74. The van der Waals surface area contributed by atoms with Crippen molar-refractivity contribution in [3.05, 3.63) is 0 Å². The molecule has 0 spiro atoms. The highest BCUT2D eigenvalue weighted by Crippen LogP contribution is 1.83. The molecule has 0 aliphatic heterocycles. The summed E-state index contributed by atoms with van der Waals surface area (Å²) in [5.74, 6) is 0.191. The molecule has 0 radical (unpaired) electrons. The van der Waals surface area contributed by atoms with Gasteiger partial charge in [-0.1, -0.05) is 5.10 Å². The minimum atomic E-state index is 0.191. The molecule has 0 amide bonds. The highest BCUT2D eigenvalue weighted by Gasteiger charge is 1.94. The highest BCUT2D eigenvalue weighted by molar-refractivity contribution is 5.06. The Morgan fingerprint density at radius 3 is 3.00 bits per heavy atom. The number of tetrazole rings is 1. The topological polar surface area (TPSA) is 78.8 Å². The van der Waals surface area contributed by atoms with Crippen molar-refractivity contribution in [2.45, 2.75) is 6.54 Å². The molecule has 6 nitrogen and oxygen atoms in total. The van der Waals surface area contributed by atoms with E-state index >= 15 is 0 Å². The Labute approximate surface area is 58.0 Å². The lowest BCUT2D eigenvalue weighted by molar-refractivity contribution is 0.178. The molecule has 1 heterocycles. The van der Waals surface area contributed by atoms with Crippen LogP contribution >= 0.6 is 0 Å². The van der Waals surface area contributed by atoms with E-state index < -0.39 is 0 Å². The van der Waals surface area contributed by atoms with Gasteiger partial charge < -0.3 is 10.5 Å². The third-order valence-electron chi connectivity index (χ3n) is 0.964. The summed E-state index contributed by atoms with van der Waals surface area (Å²) in [4.78, 5) is 1.39. The van der Waals surface area contributed by atoms with E-state index in [1.165, 1.54) is 4.80 Å². The predicted molar refractivity (Wildman–Crippen MR) is 34.1 cm³/mol. The lowest BCUT2D eigenvalue weighted by Gasteiger charge is -1.94. The molecule has 1 aromatic rings. The molecule has 1 rings (SSSR count). The molecule has 0 bridgehead atoms. The van der Waals surface area contributed by atoms with Gasteiger partial charge in [0.2, 0.25) is 0 Å². The first-order valence-corrected chi connectivity index (χ1v) is 2.85. The number of hydrogen-bond acceptors (Lipinski definition) is 5. The minimum Gasteiger partial charge on any atom is -0.383 e. The van der Waals surface area contributed by atoms with Crippen molar-refractivity contribution in [2.24, 2.45) is 0 Å². The van der Waals surface area contributed by atoms with Crippen LogP contribution in [0.3, 0.4) is 0 Å². The Kier molecular flexibility index (Phi) is 2.16. The molecule has 1 aromatic heterocycles. The van der Waals surface area contributed by atoms with Crippen molar-refractivity contribution >= 4 is 5.95 Å². The normalized spacial score (nSPS) is 10.1. The fourth-order valence-electron chi connectivity index (χ4n) is 0.523. The summed E-state index contributed by atoms with van der Waals surface area (Å²) in [5.41, 5.74) is 5.20. The lowest BCUT2D eigenvalue weighted by Crippen LogP contribution is -2.07. The molecular formula is C4H9N5O. The van der Waals surface area contributed by atoms with Crippen LogP contribution in [0.2, 0.25) is 0 Å². The molecule has 0 aromatic carbocycles. The average Bonchev–Trinajstić information content (AvgIpc) is 2.31. The summed E-state index contributed by atoms with van der Waals surface area (Å²) in [6.45, 7) is 1.15. The fourth-order valence-corrected chi connectivity index (χ4v) is 0.523. The maximum Gasteiger partial charge on any atom is 0.260 e. The number of ether oxygens (including phenoxy) is 1. The van der Waals surface area contributed by atoms with Gasteiger partial charge in [-0.05, 0) is 5.21 Å². The SMILES string of the molecule is COCCn1nnc(N)n1. The molecule has 0 aliphatic carbocycles. The Bertz CT molecular complexity index is 197. The summed E-state index contributed by atoms with van der Waals surface area (Å²) in [6, 6.07) is 0. The molecule has 56 valence electrons. The lowest BCUT2D eigenvalue weighted by atomic mass is 10.7. The number of hydrogen-bond donors (Lipinski definition) is 1. The van der Waals surface area contributed by atoms with Gasteiger partial charge in [-0.2, -0.15) is 4.80 Å². The standard InChI is InChI=1S/C4H9N5O/c1-10-3-2-9-7-4(5)6-8-9/h2-3H2,1H3,(H2,5,7). The first-order valence-electron chi connectivity index (χ1n) is 2.85. The molecule has 0 saturated carbocycles. The number of methoxy groups -OCH3 is 1. The van der Waals surface area contributed by atoms with Gasteiger partial charge >= 0.3 is 0 Å². The first kappa shape index (κ1) is 6.94. The van der Waals surface area contributed by atoms with Gasteiger partial charge in [0, 0.05) is 7.11 Å². The molecule has 0 unspecified atom stereocenters. The number of rotatable bonds is 3. The van der Waals surface area contributed by atoms with Crippen molar-refractivity contribution in [3.8, 4) is 0 Å².